The van der Waals surface area contributed by atoms with Gasteiger partial charge in [-0.3, -0.25) is 0 Å². The second-order valence-corrected chi connectivity index (χ2v) is 29.4. The van der Waals surface area contributed by atoms with E-state index in [4.69, 9.17) is 21.5 Å². The third-order valence-corrected chi connectivity index (χ3v) is 31.3. The van der Waals surface area contributed by atoms with E-state index in [2.05, 4.69) is 123 Å². The van der Waals surface area contributed by atoms with Crippen LogP contribution in [0.2, 0.25) is 0 Å². The van der Waals surface area contributed by atoms with Gasteiger partial charge in [0.25, 0.3) is 0 Å². The molecule has 11 heteroatoms. The molecule has 0 aliphatic carbocycles. The summed E-state index contributed by atoms with van der Waals surface area (Å²) >= 11 is -3.27. The fraction of sp³-hybridized carbons (Fsp3) is 0.421. The van der Waals surface area contributed by atoms with Crippen molar-refractivity contribution < 1.29 is 0 Å². The van der Waals surface area contributed by atoms with E-state index < -0.39 is 11.4 Å². The van der Waals surface area contributed by atoms with E-state index in [1.807, 2.05) is 0 Å². The van der Waals surface area contributed by atoms with Gasteiger partial charge in [-0.05, 0) is 0 Å². The Morgan fingerprint density at radius 3 is 1.51 bits per heavy atom. The Bertz CT molecular complexity index is 1580. The average Bonchev–Trinajstić information content (AvgIpc) is 3.81. The summed E-state index contributed by atoms with van der Waals surface area (Å²) in [6.45, 7) is 8.95. The number of fused-ring (bicyclic) bond motifs is 2. The monoisotopic (exact) mass is 758 g/mol. The van der Waals surface area contributed by atoms with Crippen molar-refractivity contribution in [2.45, 2.75) is 25.7 Å². The Morgan fingerprint density at radius 2 is 1.04 bits per heavy atom. The molecule has 8 nitrogen and oxygen atoms in total. The van der Waals surface area contributed by atoms with E-state index in [-0.39, 0.29) is 0 Å². The van der Waals surface area contributed by atoms with Crippen LogP contribution < -0.4 is 22.1 Å². The van der Waals surface area contributed by atoms with Crippen LogP contribution in [0.1, 0.15) is 24.0 Å². The second kappa shape index (κ2) is 18.6. The molecule has 0 radical (unpaired) electrons. The number of nitrogens with one attached hydrogen (secondary N) is 2. The van der Waals surface area contributed by atoms with E-state index >= 15 is 0 Å². The fourth-order valence-electron chi connectivity index (χ4n) is 6.85. The van der Waals surface area contributed by atoms with Crippen LogP contribution in [0.25, 0.3) is 21.5 Å². The fourth-order valence-corrected chi connectivity index (χ4v) is 29.9. The second-order valence-electron chi connectivity index (χ2n) is 12.6. The van der Waals surface area contributed by atoms with Crippen LogP contribution in [-0.4, -0.2) is 108 Å². The number of aliphatic imine (C=N–C) groups is 2. The zero-order valence-electron chi connectivity index (χ0n) is 28.7. The summed E-state index contributed by atoms with van der Waals surface area (Å²) in [5.74, 6) is 4.60. The van der Waals surface area contributed by atoms with Crippen molar-refractivity contribution in [3.8, 4) is 0 Å². The Balaban J connectivity index is 1.34. The molecule has 4 aromatic carbocycles. The Morgan fingerprint density at radius 1 is 0.592 bits per heavy atom. The van der Waals surface area contributed by atoms with E-state index in [0.29, 0.717) is 0 Å². The molecule has 0 aromatic heterocycles. The molecule has 6 rings (SSSR count). The molecule has 4 aromatic rings. The van der Waals surface area contributed by atoms with Crippen LogP contribution in [0.15, 0.2) is 94.9 Å². The summed E-state index contributed by atoms with van der Waals surface area (Å²) in [5, 5.41) is 12.6. The van der Waals surface area contributed by atoms with Gasteiger partial charge in [0.05, 0.1) is 0 Å². The first kappa shape index (κ1) is 36.2. The van der Waals surface area contributed by atoms with Crippen molar-refractivity contribution in [1.82, 2.24) is 18.3 Å². The molecule has 2 aliphatic rings. The normalized spacial score (nSPS) is 15.1. The molecule has 0 spiro atoms. The first-order valence-corrected chi connectivity index (χ1v) is 26.9. The summed E-state index contributed by atoms with van der Waals surface area (Å²) in [6, 6.07) is 31.0. The van der Waals surface area contributed by atoms with Gasteiger partial charge in [-0.2, -0.15) is 0 Å². The minimum atomic E-state index is -3.27. The van der Waals surface area contributed by atoms with Gasteiger partial charge < -0.3 is 0 Å². The molecule has 0 unspecified atom stereocenters. The van der Waals surface area contributed by atoms with Crippen molar-refractivity contribution in [3.63, 3.8) is 0 Å². The van der Waals surface area contributed by atoms with Crippen LogP contribution in [0, 0.1) is 0 Å². The number of nitrogens with zero attached hydrogens (tertiary/aromatic N) is 4. The third kappa shape index (κ3) is 9.02. The van der Waals surface area contributed by atoms with Crippen LogP contribution in [0.5, 0.6) is 0 Å². The topological polar surface area (TPSA) is 107 Å². The van der Waals surface area contributed by atoms with Crippen molar-refractivity contribution in [2.75, 3.05) is 77.0 Å². The van der Waals surface area contributed by atoms with E-state index in [0.717, 1.165) is 103 Å². The maximum atomic E-state index is 5.81. The van der Waals surface area contributed by atoms with Gasteiger partial charge in [-0.15, -0.1) is 0 Å². The number of benzene rings is 4. The molecule has 2 aliphatic heterocycles. The third-order valence-electron chi connectivity index (χ3n) is 9.25. The molecule has 2 heterocycles. The minimum absolute atomic E-state index is 0.721. The number of nitrogens with two attached hydrogens (primary N) is 2. The van der Waals surface area contributed by atoms with Crippen LogP contribution in [-0.2, 0) is 12.8 Å². The van der Waals surface area contributed by atoms with E-state index in [9.17, 15) is 0 Å². The molecule has 0 saturated carbocycles. The van der Waals surface area contributed by atoms with Crippen LogP contribution in [0.4, 0.5) is 0 Å². The molecule has 6 N–H and O–H groups in total. The predicted molar refractivity (Wildman–Crippen MR) is 217 cm³/mol. The van der Waals surface area contributed by atoms with Gasteiger partial charge in [0, 0.05) is 0 Å². The van der Waals surface area contributed by atoms with E-state index in [1.165, 1.54) is 44.3 Å². The first-order valence-electron chi connectivity index (χ1n) is 17.9. The van der Waals surface area contributed by atoms with Gasteiger partial charge in [0.15, 0.2) is 0 Å². The number of rotatable bonds is 20. The van der Waals surface area contributed by atoms with Crippen molar-refractivity contribution in [3.05, 3.63) is 96.1 Å². The van der Waals surface area contributed by atoms with Crippen molar-refractivity contribution in [1.29, 1.82) is 0 Å². The summed E-state index contributed by atoms with van der Waals surface area (Å²) in [4.78, 5) is 10.6. The maximum absolute atomic E-state index is 5.81. The standard InChI is InChI=1S/C38H52GeN8S2/c40-17-7-19-42-23-27-48-39(49-28-24-43-20-8-18-41,46-25-21-44-37(46)29-33-13-5-11-31-9-1-3-15-35(31)33)47-26-22-45-38(47)30-34-14-6-12-32-10-2-4-16-36(32)34/h1-6,9-16,42-43H,7-8,17-30,40-41H2. The molecule has 0 atom stereocenters. The molecule has 0 amide bonds. The quantitative estimate of drug-likeness (QED) is 0.0740. The summed E-state index contributed by atoms with van der Waals surface area (Å²) < 4.78 is 5.64. The first-order chi connectivity index (χ1) is 24.2. The van der Waals surface area contributed by atoms with Gasteiger partial charge in [0.2, 0.25) is 0 Å². The molecule has 0 fully saturated rings. The number of hydrogen-bond acceptors (Lipinski definition) is 10. The van der Waals surface area contributed by atoms with E-state index in [1.54, 1.807) is 0 Å². The summed E-state index contributed by atoms with van der Waals surface area (Å²) in [5.41, 5.74) is 14.3. The number of amidine groups is 2. The molecule has 0 bridgehead atoms. The zero-order chi connectivity index (χ0) is 33.7. The molecular formula is C38H52GeN8S2. The Labute approximate surface area is 301 Å². The summed E-state index contributed by atoms with van der Waals surface area (Å²) in [7, 11) is 4.45. The zero-order valence-corrected chi connectivity index (χ0v) is 32.4. The van der Waals surface area contributed by atoms with Crippen molar-refractivity contribution >= 4 is 64.8 Å². The molecule has 0 saturated heterocycles. The van der Waals surface area contributed by atoms with Gasteiger partial charge in [-0.25, -0.2) is 0 Å². The van der Waals surface area contributed by atoms with Gasteiger partial charge in [0.1, 0.15) is 0 Å². The SMILES string of the molecule is NCCCNCC[S][Ge]([S]CCNCCCN)([N]1CCN=C1Cc1cccc2ccccc12)[N]1CCN=C1Cc1cccc2ccccc12. The molecule has 260 valence electrons. The average molecular weight is 758 g/mol. The summed E-state index contributed by atoms with van der Waals surface area (Å²) in [6.07, 6.45) is 3.70. The van der Waals surface area contributed by atoms with Crippen LogP contribution >= 0.6 is 20.2 Å². The Hall–Kier alpha value is -2.58. The van der Waals surface area contributed by atoms with Crippen molar-refractivity contribution in [2.24, 2.45) is 21.5 Å². The Kier molecular flexibility index (Phi) is 13.7. The van der Waals surface area contributed by atoms with Gasteiger partial charge >= 0.3 is 303 Å². The predicted octanol–water partition coefficient (Wildman–Crippen LogP) is 4.99. The molecule has 49 heavy (non-hydrogen) atoms. The van der Waals surface area contributed by atoms with Gasteiger partial charge in [-0.1, -0.05) is 0 Å². The number of hydrogen-bond donors (Lipinski definition) is 4. The van der Waals surface area contributed by atoms with Crippen LogP contribution in [0.3, 0.4) is 0 Å². The molecular weight excluding hydrogens is 705 g/mol.